The first-order chi connectivity index (χ1) is 11.6. The van der Waals surface area contributed by atoms with Crippen molar-refractivity contribution in [3.8, 4) is 16.9 Å². The van der Waals surface area contributed by atoms with E-state index in [2.05, 4.69) is 0 Å². The highest BCUT2D eigenvalue weighted by molar-refractivity contribution is 6.06. The summed E-state index contributed by atoms with van der Waals surface area (Å²) in [5.41, 5.74) is 3.06. The Morgan fingerprint density at radius 2 is 1.71 bits per heavy atom. The quantitative estimate of drug-likeness (QED) is 0.500. The third-order valence-electron chi connectivity index (χ3n) is 4.22. The highest BCUT2D eigenvalue weighted by Gasteiger charge is 2.16. The number of aryl methyl sites for hydroxylation is 1. The van der Waals surface area contributed by atoms with Crippen molar-refractivity contribution in [2.24, 2.45) is 0 Å². The van der Waals surface area contributed by atoms with E-state index in [0.29, 0.717) is 16.7 Å². The molecular formula is C20H14F2O2. The molecule has 0 bridgehead atoms. The predicted octanol–water partition coefficient (Wildman–Crippen LogP) is 5.88. The summed E-state index contributed by atoms with van der Waals surface area (Å²) in [6.45, 7) is 1.30. The minimum Gasteiger partial charge on any atom is -0.507 e. The lowest BCUT2D eigenvalue weighted by Gasteiger charge is -2.08. The smallest absolute Gasteiger partial charge is 0.138 e. The van der Waals surface area contributed by atoms with E-state index in [1.54, 1.807) is 6.07 Å². The summed E-state index contributed by atoms with van der Waals surface area (Å²) in [6, 6.07) is 13.0. The fourth-order valence-corrected chi connectivity index (χ4v) is 3.00. The number of fused-ring (bicyclic) bond motifs is 3. The summed E-state index contributed by atoms with van der Waals surface area (Å²) in [5, 5.41) is 11.7. The zero-order valence-electron chi connectivity index (χ0n) is 12.9. The number of halogens is 2. The van der Waals surface area contributed by atoms with E-state index in [9.17, 15) is 13.9 Å². The maximum absolute atomic E-state index is 14.6. The standard InChI is InChI=1S/C20H14F2O2/c1-11-2-5-19-15(6-11)16-8-13(17(22)9-20(16)24-19)14-7-12(10-21)3-4-18(14)23/h2-9,23H,10H2,1H3. The molecule has 4 aromatic rings. The SMILES string of the molecule is Cc1ccc2oc3cc(F)c(-c4cc(CF)ccc4O)cc3c2c1. The summed E-state index contributed by atoms with van der Waals surface area (Å²) < 4.78 is 33.2. The molecule has 1 aromatic heterocycles. The number of rotatable bonds is 2. The van der Waals surface area contributed by atoms with E-state index >= 15 is 0 Å². The molecule has 1 N–H and O–H groups in total. The van der Waals surface area contributed by atoms with Gasteiger partial charge in [-0.3, -0.25) is 0 Å². The number of aromatic hydroxyl groups is 1. The number of hydrogen-bond acceptors (Lipinski definition) is 2. The van der Waals surface area contributed by atoms with Crippen molar-refractivity contribution < 1.29 is 18.3 Å². The number of phenols is 1. The third kappa shape index (κ3) is 2.22. The first-order valence-corrected chi connectivity index (χ1v) is 7.57. The molecule has 0 atom stereocenters. The molecule has 4 rings (SSSR count). The molecule has 0 aliphatic heterocycles. The minimum absolute atomic E-state index is 0.0885. The Hall–Kier alpha value is -2.88. The summed E-state index contributed by atoms with van der Waals surface area (Å²) in [7, 11) is 0. The van der Waals surface area contributed by atoms with Gasteiger partial charge in [-0.2, -0.15) is 0 Å². The van der Waals surface area contributed by atoms with Crippen LogP contribution >= 0.6 is 0 Å². The Bertz CT molecular complexity index is 1080. The highest BCUT2D eigenvalue weighted by Crippen LogP contribution is 2.38. The maximum Gasteiger partial charge on any atom is 0.138 e. The van der Waals surface area contributed by atoms with Crippen LogP contribution in [0.2, 0.25) is 0 Å². The van der Waals surface area contributed by atoms with Gasteiger partial charge in [0.25, 0.3) is 0 Å². The minimum atomic E-state index is -0.676. The van der Waals surface area contributed by atoms with Crippen LogP contribution < -0.4 is 0 Å². The Morgan fingerprint density at radius 1 is 0.917 bits per heavy atom. The van der Waals surface area contributed by atoms with Gasteiger partial charge in [-0.15, -0.1) is 0 Å². The van der Waals surface area contributed by atoms with Crippen LogP contribution in [-0.2, 0) is 6.67 Å². The Labute approximate surface area is 137 Å². The zero-order chi connectivity index (χ0) is 16.8. The van der Waals surface area contributed by atoms with Crippen LogP contribution in [0.1, 0.15) is 11.1 Å². The van der Waals surface area contributed by atoms with Gasteiger partial charge in [0.15, 0.2) is 0 Å². The third-order valence-corrected chi connectivity index (χ3v) is 4.22. The van der Waals surface area contributed by atoms with Crippen LogP contribution in [0.4, 0.5) is 8.78 Å². The maximum atomic E-state index is 14.6. The molecule has 3 aromatic carbocycles. The summed E-state index contributed by atoms with van der Waals surface area (Å²) in [4.78, 5) is 0. The van der Waals surface area contributed by atoms with E-state index in [4.69, 9.17) is 4.42 Å². The van der Waals surface area contributed by atoms with Crippen molar-refractivity contribution >= 4 is 21.9 Å². The van der Waals surface area contributed by atoms with Crippen molar-refractivity contribution in [3.63, 3.8) is 0 Å². The van der Waals surface area contributed by atoms with Gasteiger partial charge in [-0.05, 0) is 42.8 Å². The lowest BCUT2D eigenvalue weighted by atomic mass is 9.99. The van der Waals surface area contributed by atoms with Gasteiger partial charge in [-0.25, -0.2) is 8.78 Å². The largest absolute Gasteiger partial charge is 0.507 e. The van der Waals surface area contributed by atoms with Crippen molar-refractivity contribution in [1.82, 2.24) is 0 Å². The molecule has 4 heteroatoms. The normalized spacial score (nSPS) is 11.5. The second-order valence-electron chi connectivity index (χ2n) is 5.92. The van der Waals surface area contributed by atoms with Crippen LogP contribution in [0.3, 0.4) is 0 Å². The fraction of sp³-hybridized carbons (Fsp3) is 0.100. The molecule has 0 amide bonds. The van der Waals surface area contributed by atoms with E-state index in [1.807, 2.05) is 25.1 Å². The molecule has 0 aliphatic carbocycles. The second kappa shape index (κ2) is 5.34. The molecule has 2 nitrogen and oxygen atoms in total. The van der Waals surface area contributed by atoms with Crippen LogP contribution in [0.15, 0.2) is 52.9 Å². The topological polar surface area (TPSA) is 33.4 Å². The van der Waals surface area contributed by atoms with Gasteiger partial charge in [0, 0.05) is 28.0 Å². The first kappa shape index (κ1) is 14.7. The molecule has 120 valence electrons. The van der Waals surface area contributed by atoms with Gasteiger partial charge < -0.3 is 9.52 Å². The molecule has 0 radical (unpaired) electrons. The van der Waals surface area contributed by atoms with Crippen LogP contribution in [-0.4, -0.2) is 5.11 Å². The van der Waals surface area contributed by atoms with E-state index < -0.39 is 12.5 Å². The number of benzene rings is 3. The Morgan fingerprint density at radius 3 is 2.50 bits per heavy atom. The van der Waals surface area contributed by atoms with Crippen molar-refractivity contribution in [2.45, 2.75) is 13.6 Å². The van der Waals surface area contributed by atoms with Crippen LogP contribution in [0.25, 0.3) is 33.1 Å². The van der Waals surface area contributed by atoms with Crippen molar-refractivity contribution in [2.75, 3.05) is 0 Å². The van der Waals surface area contributed by atoms with Crippen LogP contribution in [0.5, 0.6) is 5.75 Å². The first-order valence-electron chi connectivity index (χ1n) is 7.57. The lowest BCUT2D eigenvalue weighted by Crippen LogP contribution is -1.88. The Balaban J connectivity index is 2.04. The average molecular weight is 324 g/mol. The summed E-state index contributed by atoms with van der Waals surface area (Å²) >= 11 is 0. The van der Waals surface area contributed by atoms with Crippen molar-refractivity contribution in [3.05, 3.63) is 65.5 Å². The van der Waals surface area contributed by atoms with Gasteiger partial charge in [-0.1, -0.05) is 17.7 Å². The molecule has 24 heavy (non-hydrogen) atoms. The molecule has 1 heterocycles. The zero-order valence-corrected chi connectivity index (χ0v) is 12.9. The molecule has 0 unspecified atom stereocenters. The fourth-order valence-electron chi connectivity index (χ4n) is 3.00. The highest BCUT2D eigenvalue weighted by atomic mass is 19.1. The molecule has 0 spiro atoms. The average Bonchev–Trinajstić information content (AvgIpc) is 2.91. The number of alkyl halides is 1. The van der Waals surface area contributed by atoms with Gasteiger partial charge >= 0.3 is 0 Å². The van der Waals surface area contributed by atoms with Gasteiger partial charge in [0.2, 0.25) is 0 Å². The van der Waals surface area contributed by atoms with E-state index in [-0.39, 0.29) is 16.9 Å². The number of furan rings is 1. The van der Waals surface area contributed by atoms with Gasteiger partial charge in [0.1, 0.15) is 29.4 Å². The monoisotopic (exact) mass is 324 g/mol. The second-order valence-corrected chi connectivity index (χ2v) is 5.92. The number of hydrogen-bond donors (Lipinski definition) is 1. The predicted molar refractivity (Wildman–Crippen MR) is 90.3 cm³/mol. The van der Waals surface area contributed by atoms with Gasteiger partial charge in [0.05, 0.1) is 0 Å². The molecular weight excluding hydrogens is 310 g/mol. The molecule has 0 fully saturated rings. The van der Waals surface area contributed by atoms with Crippen molar-refractivity contribution in [1.29, 1.82) is 0 Å². The summed E-state index contributed by atoms with van der Waals surface area (Å²) in [5.74, 6) is -0.612. The van der Waals surface area contributed by atoms with Crippen LogP contribution in [0, 0.1) is 12.7 Å². The van der Waals surface area contributed by atoms with E-state index in [1.165, 1.54) is 24.3 Å². The Kier molecular flexibility index (Phi) is 3.27. The molecule has 0 aliphatic rings. The molecule has 0 saturated carbocycles. The van der Waals surface area contributed by atoms with E-state index in [0.717, 1.165) is 16.3 Å². The summed E-state index contributed by atoms with van der Waals surface area (Å²) in [6.07, 6.45) is 0. The molecule has 0 saturated heterocycles. The lowest BCUT2D eigenvalue weighted by molar-refractivity contribution is 0.471. The number of phenolic OH excluding ortho intramolecular Hbond substituents is 1.